The van der Waals surface area contributed by atoms with Gasteiger partial charge in [0.25, 0.3) is 5.91 Å². The van der Waals surface area contributed by atoms with Gasteiger partial charge in [0.05, 0.1) is 30.0 Å². The number of amides is 2. The minimum Gasteiger partial charge on any atom is -0.382 e. The van der Waals surface area contributed by atoms with Crippen molar-refractivity contribution < 1.29 is 14.0 Å². The molecule has 3 aliphatic rings. The molecule has 3 fully saturated rings. The molecule has 1 atom stereocenters. The third kappa shape index (κ3) is 5.40. The van der Waals surface area contributed by atoms with Gasteiger partial charge in [0.2, 0.25) is 5.91 Å². The number of carbonyl (C=O) groups is 2. The summed E-state index contributed by atoms with van der Waals surface area (Å²) >= 11 is 0. The molecule has 0 spiro atoms. The Morgan fingerprint density at radius 1 is 1.16 bits per heavy atom. The van der Waals surface area contributed by atoms with Crippen molar-refractivity contribution in [3.05, 3.63) is 42.2 Å². The summed E-state index contributed by atoms with van der Waals surface area (Å²) in [6, 6.07) is 2.03. The van der Waals surface area contributed by atoms with Crippen molar-refractivity contribution in [2.24, 2.45) is 5.92 Å². The maximum atomic E-state index is 13.5. The van der Waals surface area contributed by atoms with E-state index in [0.717, 1.165) is 68.8 Å². The van der Waals surface area contributed by atoms with Crippen LogP contribution < -0.4 is 16.4 Å². The molecule has 12 heteroatoms. The summed E-state index contributed by atoms with van der Waals surface area (Å²) < 4.78 is 14.7. The van der Waals surface area contributed by atoms with Crippen LogP contribution in [0.1, 0.15) is 49.4 Å². The van der Waals surface area contributed by atoms with E-state index in [1.807, 2.05) is 0 Å². The Bertz CT molecular complexity index is 1310. The number of hydrogen-bond acceptors (Lipinski definition) is 8. The Labute approximate surface area is 220 Å². The molecule has 6 heterocycles. The van der Waals surface area contributed by atoms with Gasteiger partial charge in [0, 0.05) is 50.9 Å². The maximum Gasteiger partial charge on any atom is 0.263 e. The van der Waals surface area contributed by atoms with Gasteiger partial charge in [-0.05, 0) is 31.7 Å². The minimum atomic E-state index is -0.589. The normalized spacial score (nSPS) is 19.8. The van der Waals surface area contributed by atoms with Gasteiger partial charge in [-0.15, -0.1) is 5.10 Å². The van der Waals surface area contributed by atoms with Gasteiger partial charge in [-0.25, -0.2) is 13.9 Å². The second kappa shape index (κ2) is 11.3. The van der Waals surface area contributed by atoms with Crippen LogP contribution >= 0.6 is 0 Å². The highest BCUT2D eigenvalue weighted by molar-refractivity contribution is 6.12. The highest BCUT2D eigenvalue weighted by Gasteiger charge is 2.34. The Morgan fingerprint density at radius 2 is 1.97 bits per heavy atom. The molecular formula is C26H34FN9O2. The second-order valence-corrected chi connectivity index (χ2v) is 9.98. The molecular weight excluding hydrogens is 489 g/mol. The lowest BCUT2D eigenvalue weighted by molar-refractivity contribution is -0.138. The van der Waals surface area contributed by atoms with Crippen LogP contribution in [0.5, 0.6) is 0 Å². The van der Waals surface area contributed by atoms with Gasteiger partial charge in [-0.1, -0.05) is 13.3 Å². The summed E-state index contributed by atoms with van der Waals surface area (Å²) in [7, 11) is 0. The van der Waals surface area contributed by atoms with Gasteiger partial charge < -0.3 is 26.2 Å². The van der Waals surface area contributed by atoms with Crippen LogP contribution in [0.15, 0.2) is 30.9 Å². The van der Waals surface area contributed by atoms with Crippen LogP contribution in [0.3, 0.4) is 0 Å². The monoisotopic (exact) mass is 523 g/mol. The number of nitrogens with zero attached hydrogens (tertiary/aromatic N) is 6. The fraction of sp³-hybridized carbons (Fsp3) is 0.500. The molecule has 3 aromatic heterocycles. The van der Waals surface area contributed by atoms with E-state index in [9.17, 15) is 14.0 Å². The van der Waals surface area contributed by atoms with E-state index in [0.29, 0.717) is 30.4 Å². The van der Waals surface area contributed by atoms with Gasteiger partial charge in [-0.2, -0.15) is 0 Å². The number of fused-ring (bicyclic) bond motifs is 5. The van der Waals surface area contributed by atoms with Crippen molar-refractivity contribution in [1.82, 2.24) is 29.4 Å². The summed E-state index contributed by atoms with van der Waals surface area (Å²) in [5.41, 5.74) is 7.28. The average Bonchev–Trinajstić information content (AvgIpc) is 3.03. The van der Waals surface area contributed by atoms with Crippen LogP contribution in [0.4, 0.5) is 21.6 Å². The molecule has 3 aromatic rings. The third-order valence-electron chi connectivity index (χ3n) is 7.50. The van der Waals surface area contributed by atoms with Crippen LogP contribution in [-0.4, -0.2) is 80.0 Å². The molecule has 2 amide bonds. The Morgan fingerprint density at radius 3 is 2.76 bits per heavy atom. The van der Waals surface area contributed by atoms with Crippen molar-refractivity contribution in [2.75, 3.05) is 49.1 Å². The number of pyridine rings is 1. The number of nitrogen functional groups attached to an aromatic ring is 1. The fourth-order valence-electron chi connectivity index (χ4n) is 5.51. The first-order chi connectivity index (χ1) is 18.4. The van der Waals surface area contributed by atoms with Crippen molar-refractivity contribution in [3.8, 4) is 0 Å². The van der Waals surface area contributed by atoms with E-state index in [1.54, 1.807) is 18.5 Å². The number of hydrogen-bond donors (Lipinski definition) is 3. The smallest absolute Gasteiger partial charge is 0.263 e. The Kier molecular flexibility index (Phi) is 7.68. The summed E-state index contributed by atoms with van der Waals surface area (Å²) in [6.45, 7) is 6.59. The van der Waals surface area contributed by atoms with Gasteiger partial charge >= 0.3 is 0 Å². The standard InChI is InChI=1S/C26H34FN9O2/c1-2-3-17(26(38)35-13-12-34-10-6-19(35)7-11-34)4-9-30-21-15-29-8-5-20(21)32-25(37)22-23(28)33-36-16-18(27)14-31-24(22)36/h5,8,14-17,19,30H,2-4,6-7,9-13H2,1H3,(H2,28,33)(H,29,32,37). The molecule has 11 nitrogen and oxygen atoms in total. The molecule has 0 aromatic carbocycles. The van der Waals surface area contributed by atoms with E-state index in [2.05, 4.69) is 42.4 Å². The summed E-state index contributed by atoms with van der Waals surface area (Å²) in [5, 5.41) is 10.2. The first kappa shape index (κ1) is 25.8. The molecule has 202 valence electrons. The molecule has 0 saturated carbocycles. The van der Waals surface area contributed by atoms with Crippen molar-refractivity contribution >= 4 is 34.7 Å². The maximum absolute atomic E-state index is 13.5. The highest BCUT2D eigenvalue weighted by Crippen LogP contribution is 2.27. The SMILES string of the molecule is CCCC(CCNc1cnccc1NC(=O)c1c(N)nn2cc(F)cnc12)C(=O)N1CCN2CCC1CC2. The van der Waals surface area contributed by atoms with Gasteiger partial charge in [0.15, 0.2) is 17.3 Å². The van der Waals surface area contributed by atoms with Gasteiger partial charge in [0.1, 0.15) is 5.56 Å². The molecule has 2 bridgehead atoms. The molecule has 4 N–H and O–H groups in total. The van der Waals surface area contributed by atoms with E-state index < -0.39 is 11.7 Å². The molecule has 3 aliphatic heterocycles. The number of nitrogens with one attached hydrogen (secondary N) is 2. The topological polar surface area (TPSA) is 134 Å². The predicted octanol–water partition coefficient (Wildman–Crippen LogP) is 2.62. The number of nitrogens with two attached hydrogens (primary N) is 1. The van der Waals surface area contributed by atoms with E-state index >= 15 is 0 Å². The zero-order valence-corrected chi connectivity index (χ0v) is 21.6. The minimum absolute atomic E-state index is 0.0519. The third-order valence-corrected chi connectivity index (χ3v) is 7.50. The molecule has 6 rings (SSSR count). The number of piperidine rings is 1. The van der Waals surface area contributed by atoms with Crippen molar-refractivity contribution in [3.63, 3.8) is 0 Å². The Hall–Kier alpha value is -3.80. The fourth-order valence-corrected chi connectivity index (χ4v) is 5.51. The van der Waals surface area contributed by atoms with Crippen LogP contribution in [-0.2, 0) is 4.79 Å². The molecule has 38 heavy (non-hydrogen) atoms. The van der Waals surface area contributed by atoms with Crippen LogP contribution in [0, 0.1) is 11.7 Å². The number of aromatic nitrogens is 4. The quantitative estimate of drug-likeness (QED) is 0.390. The number of carbonyl (C=O) groups excluding carboxylic acids is 2. The zero-order valence-electron chi connectivity index (χ0n) is 21.6. The summed E-state index contributed by atoms with van der Waals surface area (Å²) in [6.07, 6.45) is 9.89. The summed E-state index contributed by atoms with van der Waals surface area (Å²) in [4.78, 5) is 39.4. The first-order valence-corrected chi connectivity index (χ1v) is 13.3. The largest absolute Gasteiger partial charge is 0.382 e. The lowest BCUT2D eigenvalue weighted by Gasteiger charge is -2.33. The average molecular weight is 524 g/mol. The van der Waals surface area contributed by atoms with Crippen LogP contribution in [0.2, 0.25) is 0 Å². The van der Waals surface area contributed by atoms with E-state index in [4.69, 9.17) is 5.73 Å². The summed E-state index contributed by atoms with van der Waals surface area (Å²) in [5.74, 6) is -0.955. The van der Waals surface area contributed by atoms with Gasteiger partial charge in [-0.3, -0.25) is 14.6 Å². The highest BCUT2D eigenvalue weighted by atomic mass is 19.1. The van der Waals surface area contributed by atoms with Crippen molar-refractivity contribution in [2.45, 2.75) is 45.1 Å². The molecule has 3 saturated heterocycles. The zero-order chi connectivity index (χ0) is 26.6. The lowest BCUT2D eigenvalue weighted by atomic mass is 9.96. The molecule has 0 radical (unpaired) electrons. The van der Waals surface area contributed by atoms with E-state index in [-0.39, 0.29) is 28.9 Å². The molecule has 1 unspecified atom stereocenters. The molecule has 0 aliphatic carbocycles. The number of anilines is 3. The number of rotatable bonds is 9. The number of halogens is 1. The van der Waals surface area contributed by atoms with Crippen molar-refractivity contribution in [1.29, 1.82) is 0 Å². The Balaban J connectivity index is 1.24. The second-order valence-electron chi connectivity index (χ2n) is 9.98. The predicted molar refractivity (Wildman–Crippen MR) is 142 cm³/mol. The lowest BCUT2D eigenvalue weighted by Crippen LogP contribution is -2.44. The van der Waals surface area contributed by atoms with Crippen LogP contribution in [0.25, 0.3) is 5.65 Å². The van der Waals surface area contributed by atoms with E-state index in [1.165, 1.54) is 0 Å². The first-order valence-electron chi connectivity index (χ1n) is 13.3.